The van der Waals surface area contributed by atoms with Crippen molar-refractivity contribution < 1.29 is 17.9 Å². The van der Waals surface area contributed by atoms with Gasteiger partial charge in [0.25, 0.3) is 15.9 Å². The van der Waals surface area contributed by atoms with Crippen LogP contribution in [0.1, 0.15) is 37.5 Å². The molecule has 1 N–H and O–H groups in total. The molecule has 38 heavy (non-hydrogen) atoms. The first-order valence-corrected chi connectivity index (χ1v) is 14.3. The highest BCUT2D eigenvalue weighted by Crippen LogP contribution is 2.41. The molecule has 0 spiro atoms. The smallest absolute Gasteiger partial charge is 0.267 e. The van der Waals surface area contributed by atoms with E-state index in [0.29, 0.717) is 17.1 Å². The van der Waals surface area contributed by atoms with Crippen molar-refractivity contribution >= 4 is 38.1 Å². The van der Waals surface area contributed by atoms with Gasteiger partial charge in [0.15, 0.2) is 6.10 Å². The number of hydrogen-bond donors (Lipinski definition) is 1. The summed E-state index contributed by atoms with van der Waals surface area (Å²) in [6, 6.07) is 24.0. The largest absolute Gasteiger partial charge is 0.476 e. The Morgan fingerprint density at radius 3 is 2.39 bits per heavy atom. The predicted molar refractivity (Wildman–Crippen MR) is 151 cm³/mol. The molecule has 1 aliphatic carbocycles. The standard InChI is InChI=1S/C31H30N2O4S/c1-31(2,3)22-15-17-27-26(18-22)33(38(35,36)23-9-5-4-6-10-23)19-28(37-27)30(34)32-25-16-14-21-13-12-20-8-7-11-24(25)29(20)21/h4-11,14-18,28H,12-13,19H2,1-3H3,(H,32,34). The van der Waals surface area contributed by atoms with Crippen LogP contribution in [0.25, 0.3) is 10.8 Å². The molecule has 0 fully saturated rings. The van der Waals surface area contributed by atoms with Crippen molar-refractivity contribution in [3.05, 3.63) is 95.6 Å². The average molecular weight is 527 g/mol. The van der Waals surface area contributed by atoms with Gasteiger partial charge in [-0.1, -0.05) is 69.3 Å². The molecular weight excluding hydrogens is 496 g/mol. The van der Waals surface area contributed by atoms with Crippen LogP contribution in [0.3, 0.4) is 0 Å². The number of carbonyl (C=O) groups excluding carboxylic acids is 1. The van der Waals surface area contributed by atoms with Crippen LogP contribution in [-0.4, -0.2) is 27.0 Å². The summed E-state index contributed by atoms with van der Waals surface area (Å²) in [6.45, 7) is 6.08. The second kappa shape index (κ2) is 8.88. The SMILES string of the molecule is CC(C)(C)c1ccc2c(c1)N(S(=O)(=O)c1ccccc1)CC(C(=O)Nc1ccc3c4c(cccc14)CC3)O2. The molecule has 2 aliphatic rings. The molecule has 0 radical (unpaired) electrons. The first kappa shape index (κ1) is 24.5. The Balaban J connectivity index is 1.38. The summed E-state index contributed by atoms with van der Waals surface area (Å²) in [5, 5.41) is 5.22. The topological polar surface area (TPSA) is 75.7 Å². The Morgan fingerprint density at radius 2 is 1.66 bits per heavy atom. The lowest BCUT2D eigenvalue weighted by Crippen LogP contribution is -2.49. The van der Waals surface area contributed by atoms with Gasteiger partial charge in [-0.2, -0.15) is 0 Å². The van der Waals surface area contributed by atoms with E-state index in [2.05, 4.69) is 38.2 Å². The quantitative estimate of drug-likeness (QED) is 0.363. The normalized spacial score (nSPS) is 16.7. The highest BCUT2D eigenvalue weighted by molar-refractivity contribution is 7.92. The summed E-state index contributed by atoms with van der Waals surface area (Å²) in [7, 11) is -3.94. The fourth-order valence-electron chi connectivity index (χ4n) is 5.37. The Labute approximate surface area is 223 Å². The zero-order valence-corrected chi connectivity index (χ0v) is 22.5. The number of amides is 1. The van der Waals surface area contributed by atoms with Crippen molar-refractivity contribution in [1.82, 2.24) is 0 Å². The monoisotopic (exact) mass is 526 g/mol. The van der Waals surface area contributed by atoms with E-state index in [1.807, 2.05) is 30.3 Å². The molecule has 1 aliphatic heterocycles. The fraction of sp³-hybridized carbons (Fsp3) is 0.258. The Kier molecular flexibility index (Phi) is 5.72. The summed E-state index contributed by atoms with van der Waals surface area (Å²) >= 11 is 0. The van der Waals surface area contributed by atoms with Crippen LogP contribution >= 0.6 is 0 Å². The van der Waals surface area contributed by atoms with Crippen LogP contribution < -0.4 is 14.4 Å². The maximum absolute atomic E-state index is 13.8. The van der Waals surface area contributed by atoms with Gasteiger partial charge in [0.05, 0.1) is 17.1 Å². The maximum Gasteiger partial charge on any atom is 0.267 e. The first-order valence-electron chi connectivity index (χ1n) is 12.9. The van der Waals surface area contributed by atoms with Crippen molar-refractivity contribution in [2.24, 2.45) is 0 Å². The summed E-state index contributed by atoms with van der Waals surface area (Å²) in [5.41, 5.74) is 4.49. The molecule has 4 aromatic carbocycles. The molecule has 0 saturated carbocycles. The van der Waals surface area contributed by atoms with E-state index in [1.54, 1.807) is 36.4 Å². The molecule has 7 heteroatoms. The number of nitrogens with zero attached hydrogens (tertiary/aromatic N) is 1. The van der Waals surface area contributed by atoms with Crippen molar-refractivity contribution in [2.75, 3.05) is 16.2 Å². The Hall–Kier alpha value is -3.84. The van der Waals surface area contributed by atoms with Crippen molar-refractivity contribution in [3.63, 3.8) is 0 Å². The Morgan fingerprint density at radius 1 is 0.921 bits per heavy atom. The highest BCUT2D eigenvalue weighted by atomic mass is 32.2. The van der Waals surface area contributed by atoms with Crippen LogP contribution in [0, 0.1) is 0 Å². The van der Waals surface area contributed by atoms with Gasteiger partial charge in [-0.25, -0.2) is 8.42 Å². The number of nitrogens with one attached hydrogen (secondary N) is 1. The van der Waals surface area contributed by atoms with Gasteiger partial charge in [-0.15, -0.1) is 0 Å². The maximum atomic E-state index is 13.8. The molecule has 0 bridgehead atoms. The number of benzene rings is 4. The van der Waals surface area contributed by atoms with E-state index in [4.69, 9.17) is 4.74 Å². The number of sulfonamides is 1. The second-order valence-corrected chi connectivity index (χ2v) is 12.9. The van der Waals surface area contributed by atoms with Gasteiger partial charge in [-0.3, -0.25) is 9.10 Å². The van der Waals surface area contributed by atoms with Gasteiger partial charge in [0.1, 0.15) is 5.75 Å². The molecule has 6 rings (SSSR count). The summed E-state index contributed by atoms with van der Waals surface area (Å²) in [6.07, 6.45) is 0.967. The number of aryl methyl sites for hydroxylation is 2. The lowest BCUT2D eigenvalue weighted by Gasteiger charge is -2.36. The van der Waals surface area contributed by atoms with Crippen molar-refractivity contribution in [1.29, 1.82) is 0 Å². The van der Waals surface area contributed by atoms with Gasteiger partial charge in [0, 0.05) is 11.1 Å². The molecular formula is C31H30N2O4S. The van der Waals surface area contributed by atoms with E-state index in [-0.39, 0.29) is 22.8 Å². The predicted octanol–water partition coefficient (Wildman–Crippen LogP) is 5.83. The molecule has 4 aromatic rings. The molecule has 1 atom stereocenters. The number of rotatable bonds is 4. The summed E-state index contributed by atoms with van der Waals surface area (Å²) in [5.74, 6) is -0.0215. The minimum Gasteiger partial charge on any atom is -0.476 e. The van der Waals surface area contributed by atoms with Crippen LogP contribution in [-0.2, 0) is 33.1 Å². The van der Waals surface area contributed by atoms with Crippen molar-refractivity contribution in [3.8, 4) is 5.75 Å². The first-order chi connectivity index (χ1) is 18.1. The molecule has 194 valence electrons. The minimum atomic E-state index is -3.94. The lowest BCUT2D eigenvalue weighted by atomic mass is 9.86. The van der Waals surface area contributed by atoms with Gasteiger partial charge in [-0.05, 0) is 70.7 Å². The van der Waals surface area contributed by atoms with Crippen molar-refractivity contribution in [2.45, 2.75) is 50.0 Å². The van der Waals surface area contributed by atoms with E-state index >= 15 is 0 Å². The minimum absolute atomic E-state index is 0.134. The summed E-state index contributed by atoms with van der Waals surface area (Å²) < 4.78 is 35.1. The van der Waals surface area contributed by atoms with Gasteiger partial charge < -0.3 is 10.1 Å². The lowest BCUT2D eigenvalue weighted by molar-refractivity contribution is -0.122. The van der Waals surface area contributed by atoms with Crippen LogP contribution in [0.2, 0.25) is 0 Å². The van der Waals surface area contributed by atoms with Crippen LogP contribution in [0.15, 0.2) is 83.8 Å². The highest BCUT2D eigenvalue weighted by Gasteiger charge is 2.38. The second-order valence-electron chi connectivity index (χ2n) is 11.0. The Bertz CT molecular complexity index is 1660. The van der Waals surface area contributed by atoms with E-state index in [0.717, 1.165) is 23.8 Å². The zero-order valence-electron chi connectivity index (χ0n) is 21.7. The molecule has 0 aromatic heterocycles. The molecule has 1 heterocycles. The van der Waals surface area contributed by atoms with E-state index in [1.165, 1.54) is 20.8 Å². The van der Waals surface area contributed by atoms with Gasteiger partial charge >= 0.3 is 0 Å². The summed E-state index contributed by atoms with van der Waals surface area (Å²) in [4.78, 5) is 13.8. The molecule has 6 nitrogen and oxygen atoms in total. The fourth-order valence-corrected chi connectivity index (χ4v) is 6.86. The number of ether oxygens (including phenoxy) is 1. The number of carbonyl (C=O) groups is 1. The van der Waals surface area contributed by atoms with Crippen LogP contribution in [0.5, 0.6) is 5.75 Å². The number of hydrogen-bond acceptors (Lipinski definition) is 4. The third-order valence-electron chi connectivity index (χ3n) is 7.45. The van der Waals surface area contributed by atoms with E-state index < -0.39 is 16.1 Å². The third kappa shape index (κ3) is 4.11. The number of fused-ring (bicyclic) bond motifs is 1. The molecule has 0 saturated heterocycles. The van der Waals surface area contributed by atoms with Gasteiger partial charge in [0.2, 0.25) is 0 Å². The molecule has 1 amide bonds. The van der Waals surface area contributed by atoms with Crippen LogP contribution in [0.4, 0.5) is 11.4 Å². The zero-order chi connectivity index (χ0) is 26.7. The molecule has 1 unspecified atom stereocenters. The number of anilines is 2. The average Bonchev–Trinajstić information content (AvgIpc) is 3.33. The third-order valence-corrected chi connectivity index (χ3v) is 9.25. The van der Waals surface area contributed by atoms with E-state index in [9.17, 15) is 13.2 Å².